The number of piperidine rings is 1. The third-order valence-electron chi connectivity index (χ3n) is 5.89. The Balaban J connectivity index is 1.68. The quantitative estimate of drug-likeness (QED) is 0.414. The molecule has 2 heterocycles. The summed E-state index contributed by atoms with van der Waals surface area (Å²) in [4.78, 5) is 17.7. The molecule has 0 bridgehead atoms. The summed E-state index contributed by atoms with van der Waals surface area (Å²) in [7, 11) is -3.62. The molecule has 0 aliphatic carbocycles. The second-order valence-electron chi connectivity index (χ2n) is 8.02. The third kappa shape index (κ3) is 4.81. The van der Waals surface area contributed by atoms with Crippen molar-refractivity contribution in [3.8, 4) is 12.3 Å². The molecule has 3 aromatic rings. The van der Waals surface area contributed by atoms with Crippen LogP contribution in [0, 0.1) is 12.3 Å². The fourth-order valence-corrected chi connectivity index (χ4v) is 7.78. The Kier molecular flexibility index (Phi) is 7.51. The number of carbonyl (C=O) groups is 1. The second-order valence-corrected chi connectivity index (χ2v) is 11.8. The molecule has 1 unspecified atom stereocenters. The van der Waals surface area contributed by atoms with Gasteiger partial charge >= 0.3 is 0 Å². The Morgan fingerprint density at radius 2 is 1.97 bits per heavy atom. The van der Waals surface area contributed by atoms with Crippen LogP contribution in [0.15, 0.2) is 46.3 Å². The van der Waals surface area contributed by atoms with Crippen molar-refractivity contribution in [2.75, 3.05) is 6.54 Å². The molecule has 0 radical (unpaired) electrons. The molecular formula is C24H23Cl2N3O3S2. The summed E-state index contributed by atoms with van der Waals surface area (Å²) in [6.45, 7) is 2.70. The van der Waals surface area contributed by atoms with Crippen molar-refractivity contribution >= 4 is 60.7 Å². The Bertz CT molecular complexity index is 1450. The first-order chi connectivity index (χ1) is 16.3. The fraction of sp³-hybridized carbons (Fsp3) is 0.333. The Hall–Kier alpha value is -2.15. The third-order valence-corrected chi connectivity index (χ3v) is 9.39. The summed E-state index contributed by atoms with van der Waals surface area (Å²) in [6, 6.07) is 9.29. The zero-order valence-electron chi connectivity index (χ0n) is 18.5. The van der Waals surface area contributed by atoms with Gasteiger partial charge in [-0.25, -0.2) is 8.42 Å². The van der Waals surface area contributed by atoms with Crippen molar-refractivity contribution in [2.45, 2.75) is 50.1 Å². The van der Waals surface area contributed by atoms with Gasteiger partial charge < -0.3 is 4.57 Å². The number of amides is 1. The highest BCUT2D eigenvalue weighted by atomic mass is 35.5. The van der Waals surface area contributed by atoms with E-state index in [9.17, 15) is 13.2 Å². The lowest BCUT2D eigenvalue weighted by atomic mass is 10.0. The molecule has 1 aliphatic heterocycles. The number of benzene rings is 2. The normalized spacial score (nSPS) is 17.7. The van der Waals surface area contributed by atoms with Crippen molar-refractivity contribution < 1.29 is 13.2 Å². The van der Waals surface area contributed by atoms with Gasteiger partial charge in [-0.3, -0.25) is 4.79 Å². The summed E-state index contributed by atoms with van der Waals surface area (Å²) >= 11 is 13.7. The number of hydrogen-bond donors (Lipinski definition) is 0. The van der Waals surface area contributed by atoms with E-state index in [4.69, 9.17) is 29.6 Å². The van der Waals surface area contributed by atoms with E-state index in [2.05, 4.69) is 10.9 Å². The number of thiazole rings is 1. The van der Waals surface area contributed by atoms with Crippen LogP contribution in [0.3, 0.4) is 0 Å². The minimum Gasteiger partial charge on any atom is -0.303 e. The fourth-order valence-electron chi connectivity index (χ4n) is 4.21. The molecule has 6 nitrogen and oxygen atoms in total. The van der Waals surface area contributed by atoms with Gasteiger partial charge in [0, 0.05) is 23.2 Å². The number of nitrogens with zero attached hydrogens (tertiary/aromatic N) is 3. The minimum atomic E-state index is -3.62. The average molecular weight is 537 g/mol. The zero-order chi connectivity index (χ0) is 24.5. The van der Waals surface area contributed by atoms with Gasteiger partial charge in [0.25, 0.3) is 5.91 Å². The number of terminal acetylenes is 1. The average Bonchev–Trinajstić information content (AvgIpc) is 3.16. The minimum absolute atomic E-state index is 0.00921. The summed E-state index contributed by atoms with van der Waals surface area (Å²) in [5, 5.41) is 0.890. The van der Waals surface area contributed by atoms with Gasteiger partial charge in [0.05, 0.1) is 26.7 Å². The van der Waals surface area contributed by atoms with Gasteiger partial charge in [0.2, 0.25) is 10.0 Å². The van der Waals surface area contributed by atoms with E-state index in [-0.39, 0.29) is 23.0 Å². The summed E-state index contributed by atoms with van der Waals surface area (Å²) < 4.78 is 30.4. The summed E-state index contributed by atoms with van der Waals surface area (Å²) in [5.74, 6) is 2.05. The largest absolute Gasteiger partial charge is 0.303 e. The first kappa shape index (κ1) is 25.0. The molecule has 0 saturated carbocycles. The number of aromatic nitrogens is 1. The van der Waals surface area contributed by atoms with Crippen LogP contribution in [0.25, 0.3) is 10.2 Å². The second kappa shape index (κ2) is 10.2. The van der Waals surface area contributed by atoms with Gasteiger partial charge in [0.15, 0.2) is 4.80 Å². The van der Waals surface area contributed by atoms with E-state index in [0.717, 1.165) is 30.4 Å². The number of sulfonamides is 1. The maximum absolute atomic E-state index is 13.2. The lowest BCUT2D eigenvalue weighted by Crippen LogP contribution is -2.43. The molecule has 1 aliphatic rings. The number of rotatable bonds is 5. The van der Waals surface area contributed by atoms with Gasteiger partial charge in [-0.1, -0.05) is 53.8 Å². The molecule has 178 valence electrons. The summed E-state index contributed by atoms with van der Waals surface area (Å²) in [6.07, 6.45) is 9.05. The van der Waals surface area contributed by atoms with E-state index in [1.54, 1.807) is 21.0 Å². The Labute approximate surface area is 212 Å². The summed E-state index contributed by atoms with van der Waals surface area (Å²) in [5.41, 5.74) is 0.937. The molecule has 1 saturated heterocycles. The molecule has 0 spiro atoms. The standard InChI is InChI=1S/C24H23Cl2N3O3S2/c1-3-12-28-22-20(26)14-17(25)15-21(22)33-24(28)27-23(30)16-8-10-19(11-9-16)34(31,32)29-13-6-5-7-18(29)4-2/h1,8-11,14-15,18H,4-7,12-13H2,2H3. The van der Waals surface area contributed by atoms with E-state index in [1.165, 1.54) is 35.6 Å². The molecule has 2 aromatic carbocycles. The SMILES string of the molecule is C#CCn1c(=NC(=O)c2ccc(S(=O)(=O)N3CCCCC3CC)cc2)sc2cc(Cl)cc(Cl)c21. The Morgan fingerprint density at radius 3 is 2.65 bits per heavy atom. The number of carbonyl (C=O) groups excluding carboxylic acids is 1. The van der Waals surface area contributed by atoms with Gasteiger partial charge in [-0.05, 0) is 55.7 Å². The van der Waals surface area contributed by atoms with E-state index in [0.29, 0.717) is 26.9 Å². The van der Waals surface area contributed by atoms with Crippen molar-refractivity contribution in [2.24, 2.45) is 4.99 Å². The van der Waals surface area contributed by atoms with Crippen molar-refractivity contribution in [1.82, 2.24) is 8.87 Å². The first-order valence-electron chi connectivity index (χ1n) is 10.9. The Morgan fingerprint density at radius 1 is 1.24 bits per heavy atom. The van der Waals surface area contributed by atoms with Crippen LogP contribution < -0.4 is 4.80 Å². The highest BCUT2D eigenvalue weighted by molar-refractivity contribution is 7.89. The maximum atomic E-state index is 13.2. The molecule has 4 rings (SSSR count). The number of fused-ring (bicyclic) bond motifs is 1. The maximum Gasteiger partial charge on any atom is 0.279 e. The van der Waals surface area contributed by atoms with Crippen molar-refractivity contribution in [1.29, 1.82) is 0 Å². The topological polar surface area (TPSA) is 71.7 Å². The lowest BCUT2D eigenvalue weighted by molar-refractivity contribution is 0.0997. The molecular weight excluding hydrogens is 513 g/mol. The van der Waals surface area contributed by atoms with Crippen LogP contribution >= 0.6 is 34.5 Å². The van der Waals surface area contributed by atoms with Crippen LogP contribution in [0.4, 0.5) is 0 Å². The van der Waals surface area contributed by atoms with Gasteiger partial charge in [-0.2, -0.15) is 9.30 Å². The van der Waals surface area contributed by atoms with Crippen LogP contribution in [0.5, 0.6) is 0 Å². The molecule has 1 fully saturated rings. The van der Waals surface area contributed by atoms with Crippen LogP contribution in [-0.2, 0) is 16.6 Å². The zero-order valence-corrected chi connectivity index (χ0v) is 21.6. The molecule has 0 N–H and O–H groups in total. The van der Waals surface area contributed by atoms with Crippen LogP contribution in [0.1, 0.15) is 43.0 Å². The van der Waals surface area contributed by atoms with Crippen LogP contribution in [-0.4, -0.2) is 35.8 Å². The predicted molar refractivity (Wildman–Crippen MR) is 137 cm³/mol. The number of halogens is 2. The highest BCUT2D eigenvalue weighted by Gasteiger charge is 2.32. The van der Waals surface area contributed by atoms with Crippen molar-refractivity contribution in [3.05, 3.63) is 56.8 Å². The molecule has 1 aromatic heterocycles. The number of hydrogen-bond acceptors (Lipinski definition) is 4. The highest BCUT2D eigenvalue weighted by Crippen LogP contribution is 2.30. The predicted octanol–water partition coefficient (Wildman–Crippen LogP) is 5.34. The van der Waals surface area contributed by atoms with E-state index >= 15 is 0 Å². The van der Waals surface area contributed by atoms with Gasteiger partial charge in [-0.15, -0.1) is 6.42 Å². The molecule has 34 heavy (non-hydrogen) atoms. The van der Waals surface area contributed by atoms with Gasteiger partial charge in [0.1, 0.15) is 0 Å². The molecule has 10 heteroatoms. The van der Waals surface area contributed by atoms with Crippen molar-refractivity contribution in [3.63, 3.8) is 0 Å². The smallest absolute Gasteiger partial charge is 0.279 e. The van der Waals surface area contributed by atoms with Crippen LogP contribution in [0.2, 0.25) is 10.0 Å². The van der Waals surface area contributed by atoms with E-state index < -0.39 is 15.9 Å². The molecule has 1 atom stereocenters. The lowest BCUT2D eigenvalue weighted by Gasteiger charge is -2.34. The first-order valence-corrected chi connectivity index (χ1v) is 13.9. The van der Waals surface area contributed by atoms with E-state index in [1.807, 2.05) is 6.92 Å². The molecule has 1 amide bonds. The monoisotopic (exact) mass is 535 g/mol.